The number of methoxy groups -OCH3 is 4. The van der Waals surface area contributed by atoms with Crippen molar-refractivity contribution in [3.05, 3.63) is 64.2 Å². The van der Waals surface area contributed by atoms with Gasteiger partial charge in [-0.05, 0) is 59.4 Å². The van der Waals surface area contributed by atoms with Crippen LogP contribution in [0.2, 0.25) is 0 Å². The third-order valence-electron chi connectivity index (χ3n) is 6.25. The summed E-state index contributed by atoms with van der Waals surface area (Å²) in [6.45, 7) is 0. The molecule has 0 saturated heterocycles. The van der Waals surface area contributed by atoms with Gasteiger partial charge in [0, 0.05) is 11.1 Å². The summed E-state index contributed by atoms with van der Waals surface area (Å²) in [5.74, 6) is 2.38. The SMILES string of the molecule is COc1ccc(C=C2CCc3c2c(C#N)c(N)c(C#N)c3-c2ccc(OC)c(OC)c2)cc1OC. The van der Waals surface area contributed by atoms with E-state index < -0.39 is 0 Å². The summed E-state index contributed by atoms with van der Waals surface area (Å²) in [4.78, 5) is 0. The fraction of sp³-hybridized carbons (Fsp3) is 0.214. The Hall–Kier alpha value is -4.62. The largest absolute Gasteiger partial charge is 0.493 e. The molecule has 0 saturated carbocycles. The highest BCUT2D eigenvalue weighted by molar-refractivity contribution is 5.97. The van der Waals surface area contributed by atoms with Crippen LogP contribution < -0.4 is 24.7 Å². The Balaban J connectivity index is 1.96. The summed E-state index contributed by atoms with van der Waals surface area (Å²) >= 11 is 0. The number of rotatable bonds is 6. The van der Waals surface area contributed by atoms with E-state index in [1.165, 1.54) is 0 Å². The maximum atomic E-state index is 10.0. The van der Waals surface area contributed by atoms with Gasteiger partial charge in [0.25, 0.3) is 0 Å². The van der Waals surface area contributed by atoms with E-state index in [4.69, 9.17) is 24.7 Å². The molecular weight excluding hydrogens is 442 g/mol. The van der Waals surface area contributed by atoms with E-state index in [-0.39, 0.29) is 5.69 Å². The average Bonchev–Trinajstić information content (AvgIpc) is 3.30. The van der Waals surface area contributed by atoms with Crippen LogP contribution in [0.1, 0.15) is 34.2 Å². The number of benzene rings is 3. The molecule has 0 amide bonds. The average molecular weight is 468 g/mol. The fourth-order valence-corrected chi connectivity index (χ4v) is 4.64. The summed E-state index contributed by atoms with van der Waals surface area (Å²) in [6.07, 6.45) is 3.40. The monoisotopic (exact) mass is 467 g/mol. The van der Waals surface area contributed by atoms with Crippen molar-refractivity contribution in [2.75, 3.05) is 34.2 Å². The van der Waals surface area contributed by atoms with Crippen LogP contribution in [-0.4, -0.2) is 28.4 Å². The number of nitrogens with zero attached hydrogens (tertiary/aromatic N) is 2. The summed E-state index contributed by atoms with van der Waals surface area (Å²) in [5, 5.41) is 20.0. The molecule has 1 aliphatic rings. The minimum Gasteiger partial charge on any atom is -0.493 e. The van der Waals surface area contributed by atoms with Crippen LogP contribution in [0, 0.1) is 22.7 Å². The predicted molar refractivity (Wildman–Crippen MR) is 135 cm³/mol. The Morgan fingerprint density at radius 2 is 1.31 bits per heavy atom. The summed E-state index contributed by atoms with van der Waals surface area (Å²) in [5.41, 5.74) is 12.3. The van der Waals surface area contributed by atoms with E-state index in [0.717, 1.165) is 33.4 Å². The molecular formula is C28H25N3O4. The van der Waals surface area contributed by atoms with Gasteiger partial charge in [0.2, 0.25) is 0 Å². The van der Waals surface area contributed by atoms with E-state index in [9.17, 15) is 10.5 Å². The van der Waals surface area contributed by atoms with Gasteiger partial charge in [0.05, 0.1) is 45.3 Å². The molecule has 7 heteroatoms. The molecule has 0 fully saturated rings. The molecule has 7 nitrogen and oxygen atoms in total. The second-order valence-electron chi connectivity index (χ2n) is 7.97. The lowest BCUT2D eigenvalue weighted by atomic mass is 9.87. The van der Waals surface area contributed by atoms with Crippen LogP contribution in [0.5, 0.6) is 23.0 Å². The number of fused-ring (bicyclic) bond motifs is 1. The molecule has 35 heavy (non-hydrogen) atoms. The highest BCUT2D eigenvalue weighted by atomic mass is 16.5. The van der Waals surface area contributed by atoms with Crippen LogP contribution in [0.4, 0.5) is 5.69 Å². The van der Waals surface area contributed by atoms with Crippen LogP contribution in [0.25, 0.3) is 22.8 Å². The molecule has 0 atom stereocenters. The van der Waals surface area contributed by atoms with Crippen LogP contribution in [0.15, 0.2) is 36.4 Å². The highest BCUT2D eigenvalue weighted by Gasteiger charge is 2.29. The van der Waals surface area contributed by atoms with Crippen molar-refractivity contribution in [1.82, 2.24) is 0 Å². The van der Waals surface area contributed by atoms with Crippen molar-refractivity contribution >= 4 is 17.3 Å². The zero-order chi connectivity index (χ0) is 25.1. The van der Waals surface area contributed by atoms with E-state index in [0.29, 0.717) is 47.0 Å². The minimum atomic E-state index is 0.179. The van der Waals surface area contributed by atoms with E-state index in [2.05, 4.69) is 12.1 Å². The number of hydrogen-bond acceptors (Lipinski definition) is 7. The van der Waals surface area contributed by atoms with Crippen LogP contribution in [0.3, 0.4) is 0 Å². The van der Waals surface area contributed by atoms with Gasteiger partial charge in [-0.3, -0.25) is 0 Å². The molecule has 0 aliphatic heterocycles. The summed E-state index contributed by atoms with van der Waals surface area (Å²) < 4.78 is 21.6. The molecule has 0 unspecified atom stereocenters. The number of nitrogen functional groups attached to an aromatic ring is 1. The lowest BCUT2D eigenvalue weighted by Gasteiger charge is -2.17. The Morgan fingerprint density at radius 1 is 0.743 bits per heavy atom. The Morgan fingerprint density at radius 3 is 1.91 bits per heavy atom. The first-order chi connectivity index (χ1) is 17.0. The normalized spacial score (nSPS) is 13.0. The van der Waals surface area contributed by atoms with Gasteiger partial charge in [-0.25, -0.2) is 0 Å². The van der Waals surface area contributed by atoms with Crippen molar-refractivity contribution in [2.45, 2.75) is 12.8 Å². The third kappa shape index (κ3) is 3.98. The van der Waals surface area contributed by atoms with Gasteiger partial charge in [-0.1, -0.05) is 18.2 Å². The second kappa shape index (κ2) is 9.70. The molecule has 0 spiro atoms. The zero-order valence-electron chi connectivity index (χ0n) is 20.1. The van der Waals surface area contributed by atoms with Gasteiger partial charge in [-0.2, -0.15) is 10.5 Å². The first-order valence-electron chi connectivity index (χ1n) is 10.9. The van der Waals surface area contributed by atoms with E-state index in [1.54, 1.807) is 34.5 Å². The number of anilines is 1. The molecule has 4 rings (SSSR count). The van der Waals surface area contributed by atoms with Gasteiger partial charge >= 0.3 is 0 Å². The Kier molecular flexibility index (Phi) is 6.53. The van der Waals surface area contributed by atoms with Crippen molar-refractivity contribution in [2.24, 2.45) is 0 Å². The molecule has 2 N–H and O–H groups in total. The number of nitrogens with two attached hydrogens (primary N) is 1. The van der Waals surface area contributed by atoms with Crippen molar-refractivity contribution in [3.8, 4) is 46.3 Å². The molecule has 0 radical (unpaired) electrons. The molecule has 1 aliphatic carbocycles. The van der Waals surface area contributed by atoms with Crippen LogP contribution in [-0.2, 0) is 6.42 Å². The lowest BCUT2D eigenvalue weighted by Crippen LogP contribution is -2.04. The third-order valence-corrected chi connectivity index (χ3v) is 6.25. The van der Waals surface area contributed by atoms with Crippen molar-refractivity contribution in [1.29, 1.82) is 10.5 Å². The topological polar surface area (TPSA) is 111 Å². The maximum absolute atomic E-state index is 10.0. The zero-order valence-corrected chi connectivity index (χ0v) is 20.1. The summed E-state index contributed by atoms with van der Waals surface area (Å²) in [6, 6.07) is 15.6. The standard InChI is InChI=1S/C28H25N3O4/c1-32-22-9-5-16(12-24(22)34-3)11-17-6-8-19-26(17)20(14-29)28(31)21(15-30)27(19)18-7-10-23(33-2)25(13-18)35-4/h5,7,9-13H,6,8,31H2,1-4H3. The predicted octanol–water partition coefficient (Wildman–Crippen LogP) is 5.20. The van der Waals surface area contributed by atoms with E-state index in [1.807, 2.05) is 36.4 Å². The molecule has 0 bridgehead atoms. The summed E-state index contributed by atoms with van der Waals surface area (Å²) in [7, 11) is 6.32. The molecule has 3 aromatic carbocycles. The number of allylic oxidation sites excluding steroid dienone is 1. The quantitative estimate of drug-likeness (QED) is 0.496. The van der Waals surface area contributed by atoms with Gasteiger partial charge in [0.1, 0.15) is 12.1 Å². The Labute approximate surface area is 204 Å². The number of ether oxygens (including phenoxy) is 4. The highest BCUT2D eigenvalue weighted by Crippen LogP contribution is 2.47. The molecule has 0 aromatic heterocycles. The Bertz CT molecular complexity index is 1430. The molecule has 3 aromatic rings. The van der Waals surface area contributed by atoms with Gasteiger partial charge < -0.3 is 24.7 Å². The number of hydrogen-bond donors (Lipinski definition) is 1. The van der Waals surface area contributed by atoms with Gasteiger partial charge in [-0.15, -0.1) is 0 Å². The van der Waals surface area contributed by atoms with E-state index >= 15 is 0 Å². The second-order valence-corrected chi connectivity index (χ2v) is 7.97. The first-order valence-corrected chi connectivity index (χ1v) is 10.9. The van der Waals surface area contributed by atoms with Crippen LogP contribution >= 0.6 is 0 Å². The minimum absolute atomic E-state index is 0.179. The van der Waals surface area contributed by atoms with Crippen molar-refractivity contribution < 1.29 is 18.9 Å². The smallest absolute Gasteiger partial charge is 0.161 e. The fourth-order valence-electron chi connectivity index (χ4n) is 4.64. The molecule has 176 valence electrons. The lowest BCUT2D eigenvalue weighted by molar-refractivity contribution is 0.355. The molecule has 0 heterocycles. The number of nitriles is 2. The first kappa shape index (κ1) is 23.5. The van der Waals surface area contributed by atoms with Gasteiger partial charge in [0.15, 0.2) is 23.0 Å². The maximum Gasteiger partial charge on any atom is 0.161 e. The van der Waals surface area contributed by atoms with Crippen molar-refractivity contribution in [3.63, 3.8) is 0 Å².